The molecule has 3 aliphatic rings. The van der Waals surface area contributed by atoms with E-state index in [9.17, 15) is 14.5 Å². The molecule has 1 aliphatic heterocycles. The summed E-state index contributed by atoms with van der Waals surface area (Å²) < 4.78 is 7.22. The molecule has 1 aromatic heterocycles. The highest BCUT2D eigenvalue weighted by Gasteiger charge is 2.76. The van der Waals surface area contributed by atoms with E-state index < -0.39 is 23.0 Å². The quantitative estimate of drug-likeness (QED) is 0.504. The van der Waals surface area contributed by atoms with E-state index in [0.29, 0.717) is 40.3 Å². The highest BCUT2D eigenvalue weighted by atomic mass is 32.1. The van der Waals surface area contributed by atoms with Crippen LogP contribution in [0, 0.1) is 4.91 Å². The van der Waals surface area contributed by atoms with Crippen LogP contribution in [0.3, 0.4) is 0 Å². The number of nitroso groups, excluding NO2 is 1. The van der Waals surface area contributed by atoms with Crippen LogP contribution in [0.25, 0.3) is 10.1 Å². The molecule has 2 atom stereocenters. The third-order valence-corrected chi connectivity index (χ3v) is 8.32. The van der Waals surface area contributed by atoms with Crippen LogP contribution in [0.2, 0.25) is 0 Å². The Bertz CT molecular complexity index is 1480. The molecule has 2 aliphatic carbocycles. The van der Waals surface area contributed by atoms with Gasteiger partial charge in [-0.1, -0.05) is 50.3 Å². The number of carbonyl (C=O) groups excluding carboxylic acids is 2. The first kappa shape index (κ1) is 21.7. The summed E-state index contributed by atoms with van der Waals surface area (Å²) in [5.74, 6) is -0.379. The van der Waals surface area contributed by atoms with Crippen molar-refractivity contribution in [2.45, 2.75) is 43.9 Å². The van der Waals surface area contributed by atoms with Crippen molar-refractivity contribution >= 4 is 33.1 Å². The van der Waals surface area contributed by atoms with Crippen molar-refractivity contribution in [2.75, 3.05) is 0 Å². The maximum absolute atomic E-state index is 14.2. The number of carbonyl (C=O) groups is 2. The Hall–Kier alpha value is -3.78. The Kier molecular flexibility index (Phi) is 4.57. The summed E-state index contributed by atoms with van der Waals surface area (Å²) >= 11 is 1.32. The summed E-state index contributed by atoms with van der Waals surface area (Å²) in [5, 5.41) is 7.29. The maximum atomic E-state index is 14.2. The first-order chi connectivity index (χ1) is 16.8. The normalized spacial score (nSPS) is 24.7. The smallest absolute Gasteiger partial charge is 0.299 e. The van der Waals surface area contributed by atoms with Gasteiger partial charge in [-0.3, -0.25) is 9.59 Å². The number of amides is 1. The monoisotopic (exact) mass is 485 g/mol. The Morgan fingerprint density at radius 2 is 2.00 bits per heavy atom. The fraction of sp³-hybridized carbons (Fsp3) is 0.259. The van der Waals surface area contributed by atoms with Crippen molar-refractivity contribution in [2.24, 2.45) is 10.9 Å². The number of ketones is 1. The van der Waals surface area contributed by atoms with Gasteiger partial charge in [-0.25, -0.2) is 0 Å². The number of nitrogens with one attached hydrogen (secondary N) is 1. The standard InChI is InChI=1S/C27H23N3O4S/c1-14(2)15-10-11-17-20(12-15)34-27(30-33)18-7-5-8-19(28)23(18)24(31)26(17,27)29-25(32)22-13-16-6-3-4-9-21(16)35-22/h3-4,6-7,9-14H,5,8,28H2,1-2H3,(H,29,32). The van der Waals surface area contributed by atoms with E-state index >= 15 is 0 Å². The molecule has 35 heavy (non-hydrogen) atoms. The van der Waals surface area contributed by atoms with Crippen LogP contribution in [0.1, 0.15) is 53.4 Å². The summed E-state index contributed by atoms with van der Waals surface area (Å²) in [6.07, 6.45) is 2.82. The van der Waals surface area contributed by atoms with Gasteiger partial charge in [0.15, 0.2) is 0 Å². The number of thiophene rings is 1. The first-order valence-corrected chi connectivity index (χ1v) is 12.4. The van der Waals surface area contributed by atoms with Gasteiger partial charge in [0, 0.05) is 27.1 Å². The largest absolute Gasteiger partial charge is 0.455 e. The summed E-state index contributed by atoms with van der Waals surface area (Å²) in [6.45, 7) is 4.08. The first-order valence-electron chi connectivity index (χ1n) is 11.6. The van der Waals surface area contributed by atoms with Gasteiger partial charge in [-0.05, 0) is 53.1 Å². The van der Waals surface area contributed by atoms with Gasteiger partial charge in [0.05, 0.1) is 4.88 Å². The highest BCUT2D eigenvalue weighted by Crippen LogP contribution is 2.61. The molecular formula is C27H23N3O4S. The van der Waals surface area contributed by atoms with Crippen LogP contribution in [-0.2, 0) is 10.3 Å². The predicted molar refractivity (Wildman–Crippen MR) is 134 cm³/mol. The minimum Gasteiger partial charge on any atom is -0.455 e. The van der Waals surface area contributed by atoms with Gasteiger partial charge in [0.1, 0.15) is 5.75 Å². The Balaban J connectivity index is 1.58. The van der Waals surface area contributed by atoms with E-state index in [0.717, 1.165) is 15.6 Å². The summed E-state index contributed by atoms with van der Waals surface area (Å²) in [7, 11) is 0. The van der Waals surface area contributed by atoms with Crippen LogP contribution in [0.15, 0.2) is 76.6 Å². The number of benzene rings is 2. The number of nitrogens with zero attached hydrogens (tertiary/aromatic N) is 1. The molecule has 0 radical (unpaired) electrons. The predicted octanol–water partition coefficient (Wildman–Crippen LogP) is 5.02. The van der Waals surface area contributed by atoms with Crippen molar-refractivity contribution in [1.29, 1.82) is 0 Å². The third kappa shape index (κ3) is 2.71. The average molecular weight is 486 g/mol. The van der Waals surface area contributed by atoms with E-state index in [2.05, 4.69) is 10.5 Å². The van der Waals surface area contributed by atoms with Crippen LogP contribution < -0.4 is 15.8 Å². The lowest BCUT2D eigenvalue weighted by molar-refractivity contribution is -0.123. The molecule has 2 heterocycles. The van der Waals surface area contributed by atoms with E-state index in [1.54, 1.807) is 18.2 Å². The number of nitrogens with two attached hydrogens (primary N) is 1. The number of hydrogen-bond acceptors (Lipinski definition) is 7. The van der Waals surface area contributed by atoms with E-state index in [1.807, 2.05) is 50.2 Å². The molecule has 1 fully saturated rings. The van der Waals surface area contributed by atoms with Crippen LogP contribution >= 0.6 is 11.3 Å². The fourth-order valence-electron chi connectivity index (χ4n) is 5.45. The van der Waals surface area contributed by atoms with E-state index in [-0.39, 0.29) is 11.5 Å². The van der Waals surface area contributed by atoms with Crippen LogP contribution in [0.4, 0.5) is 0 Å². The minimum atomic E-state index is -1.96. The zero-order chi connectivity index (χ0) is 24.5. The number of ether oxygens (including phenoxy) is 1. The molecule has 1 amide bonds. The van der Waals surface area contributed by atoms with Crippen molar-refractivity contribution in [1.82, 2.24) is 5.32 Å². The second-order valence-electron chi connectivity index (χ2n) is 9.49. The number of rotatable bonds is 4. The summed E-state index contributed by atoms with van der Waals surface area (Å²) in [5.41, 5.74) is 4.80. The molecule has 2 aromatic carbocycles. The Labute approximate surface area is 205 Å². The number of Topliss-reactive ketones (excluding diaryl/α,β-unsaturated/α-hetero) is 1. The molecule has 1 saturated carbocycles. The van der Waals surface area contributed by atoms with Crippen molar-refractivity contribution in [3.8, 4) is 5.75 Å². The lowest BCUT2D eigenvalue weighted by Crippen LogP contribution is -2.60. The molecule has 176 valence electrons. The lowest BCUT2D eigenvalue weighted by Gasteiger charge is -2.32. The zero-order valence-corrected chi connectivity index (χ0v) is 20.1. The second kappa shape index (κ2) is 7.36. The lowest BCUT2D eigenvalue weighted by atomic mass is 9.81. The number of allylic oxidation sites excluding steroid dienone is 2. The number of hydrogen-bond donors (Lipinski definition) is 2. The molecule has 2 unspecified atom stereocenters. The molecule has 6 rings (SSSR count). The maximum Gasteiger partial charge on any atom is 0.299 e. The molecule has 0 spiro atoms. The van der Waals surface area contributed by atoms with Gasteiger partial charge < -0.3 is 15.8 Å². The molecule has 8 heteroatoms. The molecule has 3 aromatic rings. The fourth-order valence-corrected chi connectivity index (χ4v) is 6.41. The van der Waals surface area contributed by atoms with Crippen LogP contribution in [0.5, 0.6) is 5.75 Å². The topological polar surface area (TPSA) is 111 Å². The van der Waals surface area contributed by atoms with E-state index in [1.165, 1.54) is 11.3 Å². The molecule has 3 N–H and O–H groups in total. The van der Waals surface area contributed by atoms with Crippen molar-refractivity contribution in [3.05, 3.63) is 92.4 Å². The van der Waals surface area contributed by atoms with Gasteiger partial charge in [0.25, 0.3) is 11.6 Å². The van der Waals surface area contributed by atoms with Gasteiger partial charge in [0.2, 0.25) is 11.3 Å². The molecule has 7 nitrogen and oxygen atoms in total. The molecular weight excluding hydrogens is 462 g/mol. The van der Waals surface area contributed by atoms with Gasteiger partial charge in [-0.15, -0.1) is 16.2 Å². The highest BCUT2D eigenvalue weighted by molar-refractivity contribution is 7.20. The SMILES string of the molecule is CC(C)c1ccc2c(c1)OC1(N=O)C3=CCCC(N)=C3C(=O)C21NC(=O)c1cc2ccccc2s1. The van der Waals surface area contributed by atoms with Crippen LogP contribution in [-0.4, -0.2) is 17.4 Å². The van der Waals surface area contributed by atoms with Gasteiger partial charge >= 0.3 is 0 Å². The number of fused-ring (bicyclic) bond motifs is 6. The average Bonchev–Trinajstić information content (AvgIpc) is 3.46. The van der Waals surface area contributed by atoms with E-state index in [4.69, 9.17) is 10.5 Å². The minimum absolute atomic E-state index is 0.198. The summed E-state index contributed by atoms with van der Waals surface area (Å²) in [6, 6.07) is 14.9. The second-order valence-corrected chi connectivity index (χ2v) is 10.6. The van der Waals surface area contributed by atoms with Gasteiger partial charge in [-0.2, -0.15) is 0 Å². The van der Waals surface area contributed by atoms with Crippen molar-refractivity contribution < 1.29 is 14.3 Å². The summed E-state index contributed by atoms with van der Waals surface area (Å²) in [4.78, 5) is 40.9. The Morgan fingerprint density at radius 1 is 1.20 bits per heavy atom. The molecule has 0 saturated heterocycles. The van der Waals surface area contributed by atoms with Crippen molar-refractivity contribution in [3.63, 3.8) is 0 Å². The Morgan fingerprint density at radius 3 is 2.74 bits per heavy atom. The third-order valence-electron chi connectivity index (χ3n) is 7.21. The molecule has 0 bridgehead atoms. The zero-order valence-electron chi connectivity index (χ0n) is 19.3.